The van der Waals surface area contributed by atoms with Crippen molar-refractivity contribution in [3.05, 3.63) is 71.3 Å². The largest absolute Gasteiger partial charge is 0.378 e. The highest BCUT2D eigenvalue weighted by Gasteiger charge is 2.21. The van der Waals surface area contributed by atoms with Crippen molar-refractivity contribution < 1.29 is 38.2 Å². The van der Waals surface area contributed by atoms with Gasteiger partial charge in [0.15, 0.2) is 17.6 Å². The van der Waals surface area contributed by atoms with Gasteiger partial charge in [0.1, 0.15) is 6.04 Å². The normalized spacial score (nSPS) is 11.4. The molecule has 0 fully saturated rings. The van der Waals surface area contributed by atoms with Gasteiger partial charge < -0.3 is 58.0 Å². The molecule has 4 aromatic rings. The average Bonchev–Trinajstić information content (AvgIpc) is 3.37. The topological polar surface area (TPSA) is 370 Å². The highest BCUT2D eigenvalue weighted by atomic mass is 16.5. The van der Waals surface area contributed by atoms with Gasteiger partial charge in [0.05, 0.1) is 59.3 Å². The van der Waals surface area contributed by atoms with Gasteiger partial charge >= 0.3 is 0 Å². The molecule has 5 amide bonds. The minimum atomic E-state index is -0.878. The van der Waals surface area contributed by atoms with Gasteiger partial charge in [-0.25, -0.2) is 0 Å². The van der Waals surface area contributed by atoms with Crippen LogP contribution in [-0.2, 0) is 51.3 Å². The molecule has 26 nitrogen and oxygen atoms in total. The molecule has 11 N–H and O–H groups in total. The lowest BCUT2D eigenvalue weighted by Gasteiger charge is -2.21. The fraction of sp³-hybridized carbons (Fsp3) is 0.522. The summed E-state index contributed by atoms with van der Waals surface area (Å²) in [7, 11) is 0. The first-order chi connectivity index (χ1) is 34.9. The number of ether oxygens (including phenoxy) is 3. The van der Waals surface area contributed by atoms with Crippen LogP contribution >= 0.6 is 0 Å². The molecule has 2 aromatic heterocycles. The number of hydrogen-bond acceptors (Lipinski definition) is 19. The molecule has 0 spiro atoms. The zero-order valence-corrected chi connectivity index (χ0v) is 41.0. The van der Waals surface area contributed by atoms with E-state index in [1.807, 2.05) is 48.5 Å². The number of carbonyl (C=O) groups excluding carboxylic acids is 5. The van der Waals surface area contributed by atoms with Crippen molar-refractivity contribution in [2.45, 2.75) is 71.5 Å². The van der Waals surface area contributed by atoms with Gasteiger partial charge in [-0.15, -0.1) is 40.8 Å². The van der Waals surface area contributed by atoms with Gasteiger partial charge in [0.25, 0.3) is 0 Å². The van der Waals surface area contributed by atoms with E-state index in [4.69, 9.17) is 31.4 Å². The zero-order valence-electron chi connectivity index (χ0n) is 41.0. The summed E-state index contributed by atoms with van der Waals surface area (Å²) < 4.78 is 17.0. The predicted octanol–water partition coefficient (Wildman–Crippen LogP) is -1.63. The second-order valence-corrected chi connectivity index (χ2v) is 16.3. The lowest BCUT2D eigenvalue weighted by molar-refractivity contribution is -0.130. The van der Waals surface area contributed by atoms with Crippen molar-refractivity contribution in [2.24, 2.45) is 22.2 Å². The molecular weight excluding hydrogens is 933 g/mol. The van der Waals surface area contributed by atoms with Crippen molar-refractivity contribution in [3.63, 3.8) is 0 Å². The Balaban J connectivity index is 1.15. The number of guanidine groups is 1. The summed E-state index contributed by atoms with van der Waals surface area (Å²) in [5.74, 6) is -0.0912. The van der Waals surface area contributed by atoms with Crippen molar-refractivity contribution >= 4 is 35.5 Å². The van der Waals surface area contributed by atoms with Crippen LogP contribution in [0.5, 0.6) is 0 Å². The zero-order chi connectivity index (χ0) is 51.8. The molecule has 1 atom stereocenters. The number of aryl methyl sites for hydroxylation is 2. The molecule has 0 saturated carbocycles. The van der Waals surface area contributed by atoms with Crippen molar-refractivity contribution in [1.82, 2.24) is 72.3 Å². The second kappa shape index (κ2) is 33.3. The number of aliphatic imine (C=N–C) groups is 1. The highest BCUT2D eigenvalue weighted by molar-refractivity contribution is 5.90. The monoisotopic (exact) mass is 1000 g/mol. The molecule has 0 saturated heterocycles. The van der Waals surface area contributed by atoms with E-state index in [1.165, 1.54) is 0 Å². The number of nitrogens with zero attached hydrogens (tertiary/aromatic N) is 10. The van der Waals surface area contributed by atoms with E-state index in [1.54, 1.807) is 18.7 Å². The second-order valence-electron chi connectivity index (χ2n) is 16.3. The summed E-state index contributed by atoms with van der Waals surface area (Å²) in [4.78, 5) is 69.6. The van der Waals surface area contributed by atoms with Gasteiger partial charge in [-0.05, 0) is 57.2 Å². The van der Waals surface area contributed by atoms with Crippen molar-refractivity contribution in [3.8, 4) is 22.8 Å². The van der Waals surface area contributed by atoms with Gasteiger partial charge in [-0.1, -0.05) is 55.0 Å². The third-order valence-corrected chi connectivity index (χ3v) is 10.3. The van der Waals surface area contributed by atoms with E-state index in [9.17, 15) is 24.0 Å². The van der Waals surface area contributed by atoms with Gasteiger partial charge in [-0.3, -0.25) is 33.9 Å². The van der Waals surface area contributed by atoms with Crippen LogP contribution < -0.4 is 43.8 Å². The van der Waals surface area contributed by atoms with E-state index >= 15 is 0 Å². The van der Waals surface area contributed by atoms with Gasteiger partial charge in [0, 0.05) is 50.3 Å². The van der Waals surface area contributed by atoms with E-state index in [0.29, 0.717) is 42.7 Å². The number of aromatic nitrogens is 8. The molecule has 72 heavy (non-hydrogen) atoms. The molecule has 0 radical (unpaired) electrons. The minimum absolute atomic E-state index is 0.0596. The summed E-state index contributed by atoms with van der Waals surface area (Å²) in [5, 5.41) is 45.8. The Kier molecular flexibility index (Phi) is 26.5. The maximum Gasteiger partial charge on any atom is 0.242 e. The number of nitrogens with two attached hydrogens (primary N) is 3. The van der Waals surface area contributed by atoms with Crippen LogP contribution in [-0.4, -0.2) is 173 Å². The first-order valence-corrected chi connectivity index (χ1v) is 23.7. The number of rotatable bonds is 35. The molecule has 2 aromatic carbocycles. The van der Waals surface area contributed by atoms with E-state index < -0.39 is 17.9 Å². The fourth-order valence-electron chi connectivity index (χ4n) is 6.46. The third kappa shape index (κ3) is 24.0. The van der Waals surface area contributed by atoms with Crippen LogP contribution in [0.15, 0.2) is 53.5 Å². The van der Waals surface area contributed by atoms with E-state index in [2.05, 4.69) is 72.4 Å². The SMILES string of the molecule is Cc1nnc(-c2ccc(CNC(=O)CN(CCOCCOCCOCCNC(=O)[C@H](CCCN=C(N)N)NC(=O)CNC(=O)CCCCCN)CC(=O)NCc3ccc(-c4nnc(C)nn4)cc3)cc2)nn1. The minimum Gasteiger partial charge on any atom is -0.378 e. The van der Waals surface area contributed by atoms with Crippen molar-refractivity contribution in [2.75, 3.05) is 85.5 Å². The number of carbonyl (C=O) groups is 5. The quantitative estimate of drug-likeness (QED) is 0.0146. The molecular formula is C46H68N18O8. The molecule has 0 bridgehead atoms. The maximum absolute atomic E-state index is 13.2. The third-order valence-electron chi connectivity index (χ3n) is 10.3. The highest BCUT2D eigenvalue weighted by Crippen LogP contribution is 2.15. The van der Waals surface area contributed by atoms with Crippen LogP contribution in [0, 0.1) is 13.8 Å². The molecule has 0 aliphatic heterocycles. The van der Waals surface area contributed by atoms with Gasteiger partial charge in [-0.2, -0.15) is 0 Å². The number of hydrogen-bond donors (Lipinski definition) is 8. The maximum atomic E-state index is 13.2. The molecule has 390 valence electrons. The lowest BCUT2D eigenvalue weighted by atomic mass is 10.1. The molecule has 4 rings (SSSR count). The predicted molar refractivity (Wildman–Crippen MR) is 264 cm³/mol. The van der Waals surface area contributed by atoms with Crippen molar-refractivity contribution in [1.29, 1.82) is 0 Å². The number of benzene rings is 2. The van der Waals surface area contributed by atoms with Crippen LogP contribution in [0.3, 0.4) is 0 Å². The Hall–Kier alpha value is -7.26. The Morgan fingerprint density at radius 1 is 0.597 bits per heavy atom. The summed E-state index contributed by atoms with van der Waals surface area (Å²) in [6, 6.07) is 13.8. The summed E-state index contributed by atoms with van der Waals surface area (Å²) in [6.45, 7) is 6.27. The van der Waals surface area contributed by atoms with E-state index in [0.717, 1.165) is 35.1 Å². The summed E-state index contributed by atoms with van der Waals surface area (Å²) in [5.41, 5.74) is 19.5. The van der Waals surface area contributed by atoms with Crippen LogP contribution in [0.2, 0.25) is 0 Å². The Morgan fingerprint density at radius 3 is 1.62 bits per heavy atom. The standard InChI is InChI=1S/C46H68N18O8/c1-32-56-60-43(61-57-32)36-13-9-34(10-14-36)27-52-41(67)30-64(31-42(68)53-28-35-11-15-37(16-12-35)44-62-58-33(2)59-63-44)20-22-71-24-26-72-25-23-70-21-19-50-45(69)38(7-6-18-51-46(48)49)55-40(66)29-54-39(65)8-4-3-5-17-47/h9-16,38H,3-8,17-31,47H2,1-2H3,(H,50,69)(H,52,67)(H,53,68)(H,54,65)(H,55,66)(H4,48,49,51)/t38-/m0/s1. The Labute approximate surface area is 418 Å². The lowest BCUT2D eigenvalue weighted by Crippen LogP contribution is -2.50. The van der Waals surface area contributed by atoms with Gasteiger partial charge in [0.2, 0.25) is 41.2 Å². The van der Waals surface area contributed by atoms with Crippen LogP contribution in [0.4, 0.5) is 0 Å². The number of nitrogens with one attached hydrogen (secondary N) is 5. The molecule has 0 unspecified atom stereocenters. The van der Waals surface area contributed by atoms with Crippen LogP contribution in [0.1, 0.15) is 61.3 Å². The summed E-state index contributed by atoms with van der Waals surface area (Å²) in [6.07, 6.45) is 3.29. The van der Waals surface area contributed by atoms with Crippen LogP contribution in [0.25, 0.3) is 22.8 Å². The number of unbranched alkanes of at least 4 members (excludes halogenated alkanes) is 2. The average molecular weight is 1000 g/mol. The summed E-state index contributed by atoms with van der Waals surface area (Å²) >= 11 is 0. The molecule has 2 heterocycles. The molecule has 0 aliphatic carbocycles. The Morgan fingerprint density at radius 2 is 1.11 bits per heavy atom. The first-order valence-electron chi connectivity index (χ1n) is 23.7. The fourth-order valence-corrected chi connectivity index (χ4v) is 6.46. The van der Waals surface area contributed by atoms with E-state index in [-0.39, 0.29) is 129 Å². The molecule has 26 heteroatoms. The number of amides is 5. The smallest absolute Gasteiger partial charge is 0.242 e. The first kappa shape index (κ1) is 57.3. The molecule has 0 aliphatic rings. The Bertz CT molecular complexity index is 2160.